The highest BCUT2D eigenvalue weighted by Gasteiger charge is 2.37. The molecule has 0 spiro atoms. The first-order valence-electron chi connectivity index (χ1n) is 7.48. The van der Waals surface area contributed by atoms with Crippen molar-refractivity contribution >= 4 is 12.0 Å². The highest BCUT2D eigenvalue weighted by molar-refractivity contribution is 5.76. The zero-order chi connectivity index (χ0) is 14.7. The molecule has 2 unspecified atom stereocenters. The molecule has 114 valence electrons. The van der Waals surface area contributed by atoms with E-state index in [0.717, 1.165) is 19.6 Å². The van der Waals surface area contributed by atoms with Crippen molar-refractivity contribution in [2.45, 2.75) is 32.7 Å². The van der Waals surface area contributed by atoms with Gasteiger partial charge in [-0.15, -0.1) is 0 Å². The summed E-state index contributed by atoms with van der Waals surface area (Å²) in [5.74, 6) is -1.06. The molecule has 0 aliphatic carbocycles. The van der Waals surface area contributed by atoms with Gasteiger partial charge in [0.2, 0.25) is 0 Å². The fraction of sp³-hybridized carbons (Fsp3) is 0.857. The predicted molar refractivity (Wildman–Crippen MR) is 75.5 cm³/mol. The molecule has 0 aromatic rings. The van der Waals surface area contributed by atoms with Crippen molar-refractivity contribution in [1.29, 1.82) is 0 Å². The SMILES string of the molecule is CC(CN1CCCC1)NC(=O)N1CC(C(C)C(=O)O)C1. The average Bonchev–Trinajstić information content (AvgIpc) is 2.78. The Morgan fingerprint density at radius 2 is 1.85 bits per heavy atom. The van der Waals surface area contributed by atoms with Crippen molar-refractivity contribution in [3.05, 3.63) is 0 Å². The quantitative estimate of drug-likeness (QED) is 0.784. The Balaban J connectivity index is 1.67. The van der Waals surface area contributed by atoms with Crippen LogP contribution < -0.4 is 5.32 Å². The first-order valence-corrected chi connectivity index (χ1v) is 7.48. The molecule has 0 radical (unpaired) electrons. The van der Waals surface area contributed by atoms with Crippen LogP contribution in [0.2, 0.25) is 0 Å². The Kier molecular flexibility index (Phi) is 4.86. The number of nitrogens with one attached hydrogen (secondary N) is 1. The van der Waals surface area contributed by atoms with E-state index in [2.05, 4.69) is 10.2 Å². The lowest BCUT2D eigenvalue weighted by molar-refractivity contribution is -0.144. The molecule has 2 rings (SSSR count). The van der Waals surface area contributed by atoms with Gasteiger partial charge in [0.1, 0.15) is 0 Å². The molecule has 0 saturated carbocycles. The van der Waals surface area contributed by atoms with E-state index in [4.69, 9.17) is 5.11 Å². The molecule has 0 bridgehead atoms. The monoisotopic (exact) mass is 283 g/mol. The van der Waals surface area contributed by atoms with Crippen LogP contribution in [0.3, 0.4) is 0 Å². The number of urea groups is 1. The summed E-state index contributed by atoms with van der Waals surface area (Å²) in [7, 11) is 0. The number of rotatable bonds is 5. The molecule has 2 heterocycles. The summed E-state index contributed by atoms with van der Waals surface area (Å²) >= 11 is 0. The van der Waals surface area contributed by atoms with Crippen molar-refractivity contribution in [2.24, 2.45) is 11.8 Å². The lowest BCUT2D eigenvalue weighted by Gasteiger charge is -2.41. The molecule has 0 aromatic heterocycles. The van der Waals surface area contributed by atoms with Gasteiger partial charge in [0.25, 0.3) is 0 Å². The maximum absolute atomic E-state index is 12.0. The van der Waals surface area contributed by atoms with Crippen molar-refractivity contribution < 1.29 is 14.7 Å². The summed E-state index contributed by atoms with van der Waals surface area (Å²) in [6.07, 6.45) is 2.50. The zero-order valence-corrected chi connectivity index (χ0v) is 12.3. The standard InChI is InChI=1S/C14H25N3O3/c1-10(7-16-5-3-4-6-16)15-14(20)17-8-12(9-17)11(2)13(18)19/h10-12H,3-9H2,1-2H3,(H,15,20)(H,18,19). The Bertz CT molecular complexity index is 363. The molecule has 6 heteroatoms. The topological polar surface area (TPSA) is 72.9 Å². The highest BCUT2D eigenvalue weighted by Crippen LogP contribution is 2.24. The normalized spacial score (nSPS) is 23.2. The van der Waals surface area contributed by atoms with Crippen LogP contribution in [0.1, 0.15) is 26.7 Å². The molecule has 0 aromatic carbocycles. The highest BCUT2D eigenvalue weighted by atomic mass is 16.4. The van der Waals surface area contributed by atoms with E-state index in [1.165, 1.54) is 12.8 Å². The number of aliphatic carboxylic acids is 1. The summed E-state index contributed by atoms with van der Waals surface area (Å²) in [6, 6.07) is 0.0714. The van der Waals surface area contributed by atoms with Crippen LogP contribution in [0.4, 0.5) is 4.79 Å². The molecule has 2 fully saturated rings. The number of hydrogen-bond acceptors (Lipinski definition) is 3. The third-order valence-electron chi connectivity index (χ3n) is 4.39. The molecule has 20 heavy (non-hydrogen) atoms. The van der Waals surface area contributed by atoms with E-state index < -0.39 is 5.97 Å². The van der Waals surface area contributed by atoms with Crippen LogP contribution in [0.15, 0.2) is 0 Å². The van der Waals surface area contributed by atoms with Crippen LogP contribution >= 0.6 is 0 Å². The van der Waals surface area contributed by atoms with Gasteiger partial charge >= 0.3 is 12.0 Å². The summed E-state index contributed by atoms with van der Waals surface area (Å²) in [5.41, 5.74) is 0. The maximum atomic E-state index is 12.0. The minimum atomic E-state index is -0.780. The van der Waals surface area contributed by atoms with Crippen LogP contribution in [-0.4, -0.2) is 65.7 Å². The number of hydrogen-bond donors (Lipinski definition) is 2. The number of carboxylic acids is 1. The Morgan fingerprint density at radius 3 is 2.40 bits per heavy atom. The van der Waals surface area contributed by atoms with Gasteiger partial charge in [-0.25, -0.2) is 4.79 Å². The Hall–Kier alpha value is -1.30. The summed E-state index contributed by atoms with van der Waals surface area (Å²) in [5, 5.41) is 11.9. The third kappa shape index (κ3) is 3.62. The number of likely N-dealkylation sites (tertiary alicyclic amines) is 2. The second kappa shape index (κ2) is 6.43. The Morgan fingerprint density at radius 1 is 1.25 bits per heavy atom. The third-order valence-corrected chi connectivity index (χ3v) is 4.39. The van der Waals surface area contributed by atoms with Crippen molar-refractivity contribution in [3.8, 4) is 0 Å². The van der Waals surface area contributed by atoms with Gasteiger partial charge in [0.05, 0.1) is 5.92 Å². The summed E-state index contributed by atoms with van der Waals surface area (Å²) < 4.78 is 0. The smallest absolute Gasteiger partial charge is 0.317 e. The van der Waals surface area contributed by atoms with Gasteiger partial charge in [0.15, 0.2) is 0 Å². The van der Waals surface area contributed by atoms with Crippen molar-refractivity contribution in [2.75, 3.05) is 32.7 Å². The van der Waals surface area contributed by atoms with Gasteiger partial charge in [-0.05, 0) is 32.9 Å². The zero-order valence-electron chi connectivity index (χ0n) is 12.3. The fourth-order valence-corrected chi connectivity index (χ4v) is 2.90. The fourth-order valence-electron chi connectivity index (χ4n) is 2.90. The molecule has 6 nitrogen and oxygen atoms in total. The van der Waals surface area contributed by atoms with E-state index >= 15 is 0 Å². The number of carbonyl (C=O) groups excluding carboxylic acids is 1. The molecule has 2 N–H and O–H groups in total. The van der Waals surface area contributed by atoms with E-state index in [1.54, 1.807) is 11.8 Å². The average molecular weight is 283 g/mol. The minimum absolute atomic E-state index is 0.0643. The number of amides is 2. The van der Waals surface area contributed by atoms with E-state index in [0.29, 0.717) is 13.1 Å². The second-order valence-electron chi connectivity index (χ2n) is 6.15. The molecular weight excluding hydrogens is 258 g/mol. The second-order valence-corrected chi connectivity index (χ2v) is 6.15. The van der Waals surface area contributed by atoms with Gasteiger partial charge in [-0.3, -0.25) is 4.79 Å². The van der Waals surface area contributed by atoms with Gasteiger partial charge in [-0.1, -0.05) is 6.92 Å². The molecule has 2 aliphatic heterocycles. The lowest BCUT2D eigenvalue weighted by atomic mass is 9.87. The van der Waals surface area contributed by atoms with Crippen LogP contribution in [0, 0.1) is 11.8 Å². The van der Waals surface area contributed by atoms with E-state index in [1.807, 2.05) is 6.92 Å². The number of carbonyl (C=O) groups is 2. The number of nitrogens with zero attached hydrogens (tertiary/aromatic N) is 2. The molecule has 2 amide bonds. The molecular formula is C14H25N3O3. The van der Waals surface area contributed by atoms with Crippen molar-refractivity contribution in [3.63, 3.8) is 0 Å². The van der Waals surface area contributed by atoms with Crippen LogP contribution in [-0.2, 0) is 4.79 Å². The summed E-state index contributed by atoms with van der Waals surface area (Å²) in [4.78, 5) is 26.9. The minimum Gasteiger partial charge on any atom is -0.481 e. The Labute approximate surface area is 120 Å². The van der Waals surface area contributed by atoms with Crippen LogP contribution in [0.25, 0.3) is 0 Å². The van der Waals surface area contributed by atoms with Gasteiger partial charge < -0.3 is 20.2 Å². The van der Waals surface area contributed by atoms with Crippen molar-refractivity contribution in [1.82, 2.24) is 15.1 Å². The van der Waals surface area contributed by atoms with E-state index in [9.17, 15) is 9.59 Å². The maximum Gasteiger partial charge on any atom is 0.317 e. The van der Waals surface area contributed by atoms with Crippen LogP contribution in [0.5, 0.6) is 0 Å². The molecule has 2 aliphatic rings. The molecule has 2 atom stereocenters. The first-order chi connectivity index (χ1) is 9.47. The molecule has 2 saturated heterocycles. The predicted octanol–water partition coefficient (Wildman–Crippen LogP) is 0.833. The van der Waals surface area contributed by atoms with Gasteiger partial charge in [-0.2, -0.15) is 0 Å². The first kappa shape index (κ1) is 15.1. The summed E-state index contributed by atoms with van der Waals surface area (Å²) in [6.45, 7) is 7.98. The van der Waals surface area contributed by atoms with E-state index in [-0.39, 0.29) is 23.9 Å². The van der Waals surface area contributed by atoms with Gasteiger partial charge in [0, 0.05) is 31.6 Å². The lowest BCUT2D eigenvalue weighted by Crippen LogP contribution is -2.58. The largest absolute Gasteiger partial charge is 0.481 e. The number of carboxylic acid groups (broad SMARTS) is 1.